The lowest BCUT2D eigenvalue weighted by atomic mass is 10.1. The summed E-state index contributed by atoms with van der Waals surface area (Å²) in [6, 6.07) is 3.62. The normalized spacial score (nSPS) is 18.9. The number of carbonyl (C=O) groups is 1. The Morgan fingerprint density at radius 3 is 2.89 bits per heavy atom. The summed E-state index contributed by atoms with van der Waals surface area (Å²) >= 11 is 0. The zero-order chi connectivity index (χ0) is 13.7. The maximum atomic E-state index is 11.7. The number of rotatable bonds is 4. The van der Waals surface area contributed by atoms with Crippen molar-refractivity contribution in [1.29, 1.82) is 0 Å². The number of carbonyl (C=O) groups excluding carboxylic acids is 1. The number of nitrogens with one attached hydrogen (secondary N) is 1. The Hall–Kier alpha value is -1.62. The van der Waals surface area contributed by atoms with E-state index in [0.717, 1.165) is 31.8 Å². The first-order valence-electron chi connectivity index (χ1n) is 6.70. The highest BCUT2D eigenvalue weighted by molar-refractivity contribution is 5.93. The molecule has 1 aromatic heterocycles. The molecule has 1 N–H and O–H groups in total. The molecular weight excluding hydrogens is 242 g/mol. The van der Waals surface area contributed by atoms with Gasteiger partial charge in [-0.2, -0.15) is 0 Å². The third kappa shape index (κ3) is 3.92. The van der Waals surface area contributed by atoms with Crippen LogP contribution in [0.5, 0.6) is 0 Å². The van der Waals surface area contributed by atoms with E-state index in [1.54, 1.807) is 31.3 Å². The van der Waals surface area contributed by atoms with Crippen LogP contribution in [0.1, 0.15) is 29.6 Å². The third-order valence-corrected chi connectivity index (χ3v) is 3.20. The summed E-state index contributed by atoms with van der Waals surface area (Å²) in [6.07, 6.45) is 5.38. The first kappa shape index (κ1) is 13.8. The van der Waals surface area contributed by atoms with E-state index >= 15 is 0 Å². The number of amides is 1. The maximum Gasteiger partial charge on any atom is 0.254 e. The van der Waals surface area contributed by atoms with Crippen molar-refractivity contribution in [2.75, 3.05) is 32.6 Å². The van der Waals surface area contributed by atoms with E-state index in [0.29, 0.717) is 5.56 Å². The molecule has 0 radical (unpaired) electrons. The van der Waals surface area contributed by atoms with Gasteiger partial charge in [0.2, 0.25) is 0 Å². The molecule has 5 nitrogen and oxygen atoms in total. The number of anilines is 1. The molecule has 1 atom stereocenters. The van der Waals surface area contributed by atoms with Gasteiger partial charge in [-0.1, -0.05) is 0 Å². The van der Waals surface area contributed by atoms with Crippen molar-refractivity contribution >= 4 is 11.7 Å². The average molecular weight is 263 g/mol. The van der Waals surface area contributed by atoms with Crippen molar-refractivity contribution in [2.45, 2.75) is 25.4 Å². The van der Waals surface area contributed by atoms with Crippen LogP contribution < -0.4 is 5.32 Å². The van der Waals surface area contributed by atoms with Gasteiger partial charge in [-0.3, -0.25) is 4.79 Å². The van der Waals surface area contributed by atoms with Gasteiger partial charge < -0.3 is 15.0 Å². The largest absolute Gasteiger partial charge is 0.376 e. The highest BCUT2D eigenvalue weighted by Gasteiger charge is 2.13. The van der Waals surface area contributed by atoms with Crippen LogP contribution in [0.25, 0.3) is 0 Å². The summed E-state index contributed by atoms with van der Waals surface area (Å²) < 4.78 is 5.64. The minimum Gasteiger partial charge on any atom is -0.376 e. The van der Waals surface area contributed by atoms with Crippen LogP contribution in [0.2, 0.25) is 0 Å². The first-order valence-corrected chi connectivity index (χ1v) is 6.70. The molecule has 104 valence electrons. The van der Waals surface area contributed by atoms with Gasteiger partial charge in [0.1, 0.15) is 5.82 Å². The van der Waals surface area contributed by atoms with E-state index < -0.39 is 0 Å². The topological polar surface area (TPSA) is 54.5 Å². The predicted octanol–water partition coefficient (Wildman–Crippen LogP) is 1.76. The first-order chi connectivity index (χ1) is 9.16. The van der Waals surface area contributed by atoms with Gasteiger partial charge in [-0.05, 0) is 31.4 Å². The number of nitrogens with zero attached hydrogens (tertiary/aromatic N) is 2. The van der Waals surface area contributed by atoms with Crippen molar-refractivity contribution < 1.29 is 9.53 Å². The molecule has 0 aromatic carbocycles. The molecule has 1 aliphatic rings. The van der Waals surface area contributed by atoms with Gasteiger partial charge in [0, 0.05) is 33.4 Å². The second-order valence-electron chi connectivity index (χ2n) is 5.00. The second-order valence-corrected chi connectivity index (χ2v) is 5.00. The second kappa shape index (κ2) is 6.52. The minimum absolute atomic E-state index is 0.0327. The standard InChI is InChI=1S/C14H21N3O2/c1-17(2)14(18)11-6-7-13(15-9-11)16-10-12-5-3-4-8-19-12/h6-7,9,12H,3-5,8,10H2,1-2H3,(H,15,16). The van der Waals surface area contributed by atoms with Gasteiger partial charge in [-0.15, -0.1) is 0 Å². The molecular formula is C14H21N3O2. The molecule has 2 heterocycles. The molecule has 1 saturated heterocycles. The minimum atomic E-state index is -0.0327. The van der Waals surface area contributed by atoms with Crippen LogP contribution in [0, 0.1) is 0 Å². The van der Waals surface area contributed by atoms with Crippen molar-refractivity contribution in [3.63, 3.8) is 0 Å². The fourth-order valence-electron chi connectivity index (χ4n) is 2.07. The Morgan fingerprint density at radius 2 is 2.32 bits per heavy atom. The highest BCUT2D eigenvalue weighted by Crippen LogP contribution is 2.13. The lowest BCUT2D eigenvalue weighted by Crippen LogP contribution is -2.27. The summed E-state index contributed by atoms with van der Waals surface area (Å²) in [6.45, 7) is 1.63. The number of hydrogen-bond acceptors (Lipinski definition) is 4. The summed E-state index contributed by atoms with van der Waals surface area (Å²) in [5.41, 5.74) is 0.601. The lowest BCUT2D eigenvalue weighted by Gasteiger charge is -2.22. The lowest BCUT2D eigenvalue weighted by molar-refractivity contribution is 0.0247. The van der Waals surface area contributed by atoms with Crippen molar-refractivity contribution in [2.24, 2.45) is 0 Å². The van der Waals surface area contributed by atoms with Crippen molar-refractivity contribution in [3.05, 3.63) is 23.9 Å². The molecule has 1 amide bonds. The van der Waals surface area contributed by atoms with Gasteiger partial charge >= 0.3 is 0 Å². The Bertz CT molecular complexity index is 411. The monoisotopic (exact) mass is 263 g/mol. The smallest absolute Gasteiger partial charge is 0.254 e. The van der Waals surface area contributed by atoms with Crippen molar-refractivity contribution in [1.82, 2.24) is 9.88 Å². The summed E-state index contributed by atoms with van der Waals surface area (Å²) in [5, 5.41) is 3.25. The number of ether oxygens (including phenoxy) is 1. The molecule has 1 aromatic rings. The van der Waals surface area contributed by atoms with E-state index in [9.17, 15) is 4.79 Å². The van der Waals surface area contributed by atoms with Crippen LogP contribution in [0.4, 0.5) is 5.82 Å². The van der Waals surface area contributed by atoms with E-state index in [2.05, 4.69) is 10.3 Å². The number of hydrogen-bond donors (Lipinski definition) is 1. The maximum absolute atomic E-state index is 11.7. The Balaban J connectivity index is 1.86. The Labute approximate surface area is 114 Å². The Morgan fingerprint density at radius 1 is 1.47 bits per heavy atom. The quantitative estimate of drug-likeness (QED) is 0.899. The molecule has 2 rings (SSSR count). The van der Waals surface area contributed by atoms with Crippen LogP contribution in [0.15, 0.2) is 18.3 Å². The highest BCUT2D eigenvalue weighted by atomic mass is 16.5. The average Bonchev–Trinajstić information content (AvgIpc) is 2.46. The number of pyridine rings is 1. The molecule has 0 saturated carbocycles. The van der Waals surface area contributed by atoms with Gasteiger partial charge in [0.25, 0.3) is 5.91 Å². The zero-order valence-corrected chi connectivity index (χ0v) is 11.6. The van der Waals surface area contributed by atoms with Gasteiger partial charge in [-0.25, -0.2) is 4.98 Å². The molecule has 0 bridgehead atoms. The molecule has 5 heteroatoms. The SMILES string of the molecule is CN(C)C(=O)c1ccc(NCC2CCCCO2)nc1. The Kier molecular flexibility index (Phi) is 4.74. The van der Waals surface area contributed by atoms with Crippen LogP contribution >= 0.6 is 0 Å². The summed E-state index contributed by atoms with van der Waals surface area (Å²) in [7, 11) is 3.46. The van der Waals surface area contributed by atoms with Crippen molar-refractivity contribution in [3.8, 4) is 0 Å². The third-order valence-electron chi connectivity index (χ3n) is 3.20. The van der Waals surface area contributed by atoms with E-state index in [1.807, 2.05) is 6.07 Å². The molecule has 1 aliphatic heterocycles. The van der Waals surface area contributed by atoms with E-state index in [4.69, 9.17) is 4.74 Å². The molecule has 1 unspecified atom stereocenters. The fourth-order valence-corrected chi connectivity index (χ4v) is 2.07. The number of aromatic nitrogens is 1. The van der Waals surface area contributed by atoms with Gasteiger partial charge in [0.05, 0.1) is 11.7 Å². The fraction of sp³-hybridized carbons (Fsp3) is 0.571. The van der Waals surface area contributed by atoms with Crippen LogP contribution in [-0.4, -0.2) is 49.1 Å². The molecule has 1 fully saturated rings. The molecule has 19 heavy (non-hydrogen) atoms. The predicted molar refractivity (Wildman–Crippen MR) is 74.3 cm³/mol. The van der Waals surface area contributed by atoms with Crippen LogP contribution in [0.3, 0.4) is 0 Å². The zero-order valence-electron chi connectivity index (χ0n) is 11.6. The summed E-state index contributed by atoms with van der Waals surface area (Å²) in [4.78, 5) is 17.5. The molecule has 0 spiro atoms. The van der Waals surface area contributed by atoms with E-state index in [-0.39, 0.29) is 12.0 Å². The summed E-state index contributed by atoms with van der Waals surface area (Å²) in [5.74, 6) is 0.749. The molecule has 0 aliphatic carbocycles. The van der Waals surface area contributed by atoms with Gasteiger partial charge in [0.15, 0.2) is 0 Å². The van der Waals surface area contributed by atoms with E-state index in [1.165, 1.54) is 6.42 Å². The van der Waals surface area contributed by atoms with Crippen LogP contribution in [-0.2, 0) is 4.74 Å².